The number of hydrogen-bond donors (Lipinski definition) is 1. The molecule has 1 aliphatic heterocycles. The number of esters is 1. The molecule has 2 aliphatic rings. The number of anilines is 1. The molecule has 1 N–H and O–H groups in total. The Morgan fingerprint density at radius 2 is 1.94 bits per heavy atom. The molecular formula is C25H28N2O4. The molecule has 1 aromatic carbocycles. The standard InChI is InChI=1S/C25H28N2O4/c1-5-30-25(29)22-15(2)26-19-13-17(16-8-10-18(11-9-16)27(3)4)14-20(28)23(19)24(22)21-7-6-12-31-21/h6-12,17,24,26H,5,13-14H2,1-4H3/t17-,24+/m0/s1. The molecule has 2 aromatic rings. The van der Waals surface area contributed by atoms with Gasteiger partial charge in [0.1, 0.15) is 5.76 Å². The van der Waals surface area contributed by atoms with Gasteiger partial charge in [-0.25, -0.2) is 4.79 Å². The average molecular weight is 421 g/mol. The first-order valence-electron chi connectivity index (χ1n) is 10.6. The van der Waals surface area contributed by atoms with Crippen LogP contribution in [-0.2, 0) is 14.3 Å². The molecule has 0 amide bonds. The van der Waals surface area contributed by atoms with Crippen LogP contribution in [0, 0.1) is 0 Å². The van der Waals surface area contributed by atoms with Crippen molar-refractivity contribution in [2.75, 3.05) is 25.6 Å². The van der Waals surface area contributed by atoms with E-state index in [0.29, 0.717) is 35.4 Å². The maximum absolute atomic E-state index is 13.4. The van der Waals surface area contributed by atoms with Crippen molar-refractivity contribution < 1.29 is 18.7 Å². The molecule has 0 saturated heterocycles. The van der Waals surface area contributed by atoms with Gasteiger partial charge < -0.3 is 19.4 Å². The maximum atomic E-state index is 13.4. The molecule has 2 heterocycles. The van der Waals surface area contributed by atoms with E-state index in [2.05, 4.69) is 34.5 Å². The fourth-order valence-corrected chi connectivity index (χ4v) is 4.54. The van der Waals surface area contributed by atoms with Crippen LogP contribution in [0.5, 0.6) is 0 Å². The van der Waals surface area contributed by atoms with E-state index in [4.69, 9.17) is 9.15 Å². The zero-order valence-corrected chi connectivity index (χ0v) is 18.4. The summed E-state index contributed by atoms with van der Waals surface area (Å²) in [7, 11) is 4.01. The molecule has 1 aliphatic carbocycles. The van der Waals surface area contributed by atoms with E-state index in [0.717, 1.165) is 16.9 Å². The van der Waals surface area contributed by atoms with E-state index >= 15 is 0 Å². The molecule has 0 fully saturated rings. The molecular weight excluding hydrogens is 392 g/mol. The number of dihydropyridines is 1. The minimum atomic E-state index is -0.546. The minimum Gasteiger partial charge on any atom is -0.468 e. The second-order valence-corrected chi connectivity index (χ2v) is 8.24. The normalized spacial score (nSPS) is 21.0. The number of carbonyl (C=O) groups is 2. The molecule has 1 aromatic heterocycles. The van der Waals surface area contributed by atoms with E-state index in [1.54, 1.807) is 19.3 Å². The summed E-state index contributed by atoms with van der Waals surface area (Å²) in [6.07, 6.45) is 2.67. The summed E-state index contributed by atoms with van der Waals surface area (Å²) in [6.45, 7) is 3.89. The highest BCUT2D eigenvalue weighted by Crippen LogP contribution is 2.45. The van der Waals surface area contributed by atoms with Crippen LogP contribution in [0.1, 0.15) is 49.8 Å². The SMILES string of the molecule is CCOC(=O)C1=C(C)NC2=C(C(=O)C[C@@H](c3ccc(N(C)C)cc3)C2)[C@@H]1c1ccco1. The number of carbonyl (C=O) groups excluding carboxylic acids is 2. The van der Waals surface area contributed by atoms with Gasteiger partial charge in [0, 0.05) is 43.2 Å². The van der Waals surface area contributed by atoms with Crippen LogP contribution < -0.4 is 10.2 Å². The fourth-order valence-electron chi connectivity index (χ4n) is 4.54. The first-order valence-corrected chi connectivity index (χ1v) is 10.6. The lowest BCUT2D eigenvalue weighted by Gasteiger charge is -2.35. The molecule has 4 rings (SSSR count). The number of rotatable bonds is 5. The number of nitrogens with zero attached hydrogens (tertiary/aromatic N) is 1. The van der Waals surface area contributed by atoms with Crippen LogP contribution in [0.3, 0.4) is 0 Å². The molecule has 31 heavy (non-hydrogen) atoms. The quantitative estimate of drug-likeness (QED) is 0.729. The first-order chi connectivity index (χ1) is 14.9. The summed E-state index contributed by atoms with van der Waals surface area (Å²) < 4.78 is 11.0. The van der Waals surface area contributed by atoms with Gasteiger partial charge in [0.05, 0.1) is 24.4 Å². The second-order valence-electron chi connectivity index (χ2n) is 8.24. The number of ketones is 1. The summed E-state index contributed by atoms with van der Waals surface area (Å²) in [5, 5.41) is 3.35. The molecule has 2 atom stereocenters. The Morgan fingerprint density at radius 3 is 2.55 bits per heavy atom. The van der Waals surface area contributed by atoms with Gasteiger partial charge >= 0.3 is 5.97 Å². The third kappa shape index (κ3) is 3.90. The number of benzene rings is 1. The molecule has 6 nitrogen and oxygen atoms in total. The Morgan fingerprint density at radius 1 is 1.19 bits per heavy atom. The molecule has 0 unspecified atom stereocenters. The predicted octanol–water partition coefficient (Wildman–Crippen LogP) is 4.27. The Balaban J connectivity index is 1.71. The number of ether oxygens (including phenoxy) is 1. The number of nitrogens with one attached hydrogen (secondary N) is 1. The maximum Gasteiger partial charge on any atom is 0.336 e. The molecule has 6 heteroatoms. The van der Waals surface area contributed by atoms with Gasteiger partial charge in [-0.2, -0.15) is 0 Å². The van der Waals surface area contributed by atoms with E-state index < -0.39 is 11.9 Å². The van der Waals surface area contributed by atoms with Crippen molar-refractivity contribution in [3.05, 3.63) is 76.5 Å². The van der Waals surface area contributed by atoms with E-state index in [-0.39, 0.29) is 18.3 Å². The molecule has 0 spiro atoms. The van der Waals surface area contributed by atoms with Gasteiger partial charge in [0.2, 0.25) is 0 Å². The highest BCUT2D eigenvalue weighted by molar-refractivity contribution is 6.04. The van der Waals surface area contributed by atoms with Crippen molar-refractivity contribution >= 4 is 17.4 Å². The van der Waals surface area contributed by atoms with Gasteiger partial charge in [-0.05, 0) is 56.0 Å². The van der Waals surface area contributed by atoms with Gasteiger partial charge in [0.25, 0.3) is 0 Å². The predicted molar refractivity (Wildman–Crippen MR) is 119 cm³/mol. The lowest BCUT2D eigenvalue weighted by atomic mass is 9.73. The van der Waals surface area contributed by atoms with Crippen LogP contribution in [0.4, 0.5) is 5.69 Å². The largest absolute Gasteiger partial charge is 0.468 e. The zero-order valence-electron chi connectivity index (χ0n) is 18.4. The third-order valence-corrected chi connectivity index (χ3v) is 6.03. The van der Waals surface area contributed by atoms with Crippen molar-refractivity contribution in [1.82, 2.24) is 5.32 Å². The number of hydrogen-bond acceptors (Lipinski definition) is 6. The van der Waals surface area contributed by atoms with Crippen molar-refractivity contribution in [1.29, 1.82) is 0 Å². The Hall–Kier alpha value is -3.28. The Bertz CT molecular complexity index is 1050. The van der Waals surface area contributed by atoms with Crippen LogP contribution >= 0.6 is 0 Å². The first kappa shape index (κ1) is 21.0. The smallest absolute Gasteiger partial charge is 0.336 e. The van der Waals surface area contributed by atoms with E-state index in [1.165, 1.54) is 0 Å². The van der Waals surface area contributed by atoms with Crippen LogP contribution in [0.15, 0.2) is 69.6 Å². The van der Waals surface area contributed by atoms with Gasteiger partial charge in [-0.15, -0.1) is 0 Å². The summed E-state index contributed by atoms with van der Waals surface area (Å²) in [6, 6.07) is 11.9. The summed E-state index contributed by atoms with van der Waals surface area (Å²) in [4.78, 5) is 28.2. The van der Waals surface area contributed by atoms with Gasteiger partial charge in [-0.3, -0.25) is 4.79 Å². The summed E-state index contributed by atoms with van der Waals surface area (Å²) >= 11 is 0. The second kappa shape index (κ2) is 8.46. The molecule has 0 saturated carbocycles. The van der Waals surface area contributed by atoms with Gasteiger partial charge in [-0.1, -0.05) is 12.1 Å². The third-order valence-electron chi connectivity index (χ3n) is 6.03. The monoisotopic (exact) mass is 420 g/mol. The van der Waals surface area contributed by atoms with Crippen LogP contribution in [0.2, 0.25) is 0 Å². The lowest BCUT2D eigenvalue weighted by Crippen LogP contribution is -2.36. The highest BCUT2D eigenvalue weighted by atomic mass is 16.5. The van der Waals surface area contributed by atoms with Crippen molar-refractivity contribution in [2.24, 2.45) is 0 Å². The van der Waals surface area contributed by atoms with E-state index in [9.17, 15) is 9.59 Å². The van der Waals surface area contributed by atoms with Crippen LogP contribution in [0.25, 0.3) is 0 Å². The lowest BCUT2D eigenvalue weighted by molar-refractivity contribution is -0.138. The van der Waals surface area contributed by atoms with Crippen LogP contribution in [-0.4, -0.2) is 32.5 Å². The molecule has 162 valence electrons. The van der Waals surface area contributed by atoms with Crippen molar-refractivity contribution in [3.63, 3.8) is 0 Å². The van der Waals surface area contributed by atoms with Gasteiger partial charge in [0.15, 0.2) is 5.78 Å². The zero-order chi connectivity index (χ0) is 22.1. The number of Topliss-reactive ketones (excluding diaryl/α,β-unsaturated/α-hetero) is 1. The summed E-state index contributed by atoms with van der Waals surface area (Å²) in [5.41, 5.74) is 4.89. The van der Waals surface area contributed by atoms with E-state index in [1.807, 2.05) is 27.1 Å². The average Bonchev–Trinajstić information content (AvgIpc) is 3.27. The van der Waals surface area contributed by atoms with Crippen molar-refractivity contribution in [2.45, 2.75) is 38.5 Å². The highest BCUT2D eigenvalue weighted by Gasteiger charge is 2.42. The fraction of sp³-hybridized carbons (Fsp3) is 0.360. The van der Waals surface area contributed by atoms with Crippen molar-refractivity contribution in [3.8, 4) is 0 Å². The Kier molecular flexibility index (Phi) is 5.72. The Labute approximate surface area is 182 Å². The minimum absolute atomic E-state index is 0.0335. The summed E-state index contributed by atoms with van der Waals surface area (Å²) in [5.74, 6) is -0.265. The molecule has 0 radical (unpaired) electrons. The number of allylic oxidation sites excluding steroid dienone is 3. The topological polar surface area (TPSA) is 71.8 Å². The molecule has 0 bridgehead atoms. The number of furan rings is 1.